The molecule has 1 N–H and O–H groups in total. The van der Waals surface area contributed by atoms with Crippen molar-refractivity contribution in [3.05, 3.63) is 47.6 Å². The van der Waals surface area contributed by atoms with Gasteiger partial charge in [-0.15, -0.1) is 0 Å². The molecule has 1 fully saturated rings. The van der Waals surface area contributed by atoms with Crippen LogP contribution in [0.4, 0.5) is 0 Å². The lowest BCUT2D eigenvalue weighted by Gasteiger charge is -2.22. The van der Waals surface area contributed by atoms with Crippen molar-refractivity contribution in [2.45, 2.75) is 51.5 Å². The number of carbonyl (C=O) groups is 1. The first-order valence-corrected chi connectivity index (χ1v) is 9.31. The number of aromatic nitrogens is 3. The van der Waals surface area contributed by atoms with Crippen LogP contribution in [-0.2, 0) is 11.2 Å². The molecule has 6 nitrogen and oxygen atoms in total. The molecule has 0 saturated carbocycles. The standard InChI is InChI=1S/C20H24N4O2/c1-13(2)18-12-16(23-26-18)17-8-5-11-24(17)20(25)10-9-19-21-14-6-3-4-7-15(14)22-19/h3-4,6-7,12-13,17H,5,8-11H2,1-2H3,(H,21,22)/t17-/m1/s1. The molecule has 0 bridgehead atoms. The van der Waals surface area contributed by atoms with Crippen LogP contribution >= 0.6 is 0 Å². The molecule has 0 aliphatic carbocycles. The molecule has 1 atom stereocenters. The number of nitrogens with zero attached hydrogens (tertiary/aromatic N) is 3. The predicted molar refractivity (Wildman–Crippen MR) is 98.7 cm³/mol. The molecule has 6 heteroatoms. The Morgan fingerprint density at radius 2 is 2.23 bits per heavy atom. The second kappa shape index (κ2) is 6.94. The summed E-state index contributed by atoms with van der Waals surface area (Å²) in [6.07, 6.45) is 3.02. The molecule has 2 aromatic heterocycles. The van der Waals surface area contributed by atoms with Gasteiger partial charge in [0.25, 0.3) is 0 Å². The highest BCUT2D eigenvalue weighted by Crippen LogP contribution is 2.33. The summed E-state index contributed by atoms with van der Waals surface area (Å²) in [6.45, 7) is 4.94. The third-order valence-electron chi connectivity index (χ3n) is 5.04. The SMILES string of the molecule is CC(C)c1cc([C@H]2CCCN2C(=O)CCc2nc3ccccc3[nH]2)no1. The summed E-state index contributed by atoms with van der Waals surface area (Å²) in [6, 6.07) is 9.96. The van der Waals surface area contributed by atoms with Crippen molar-refractivity contribution < 1.29 is 9.32 Å². The normalized spacial score (nSPS) is 17.5. The number of imidazole rings is 1. The Balaban J connectivity index is 1.42. The van der Waals surface area contributed by atoms with E-state index in [0.717, 1.165) is 47.7 Å². The molecular weight excluding hydrogens is 328 g/mol. The number of aromatic amines is 1. The molecule has 1 aliphatic heterocycles. The van der Waals surface area contributed by atoms with Crippen LogP contribution in [0.3, 0.4) is 0 Å². The number of hydrogen-bond donors (Lipinski definition) is 1. The number of hydrogen-bond acceptors (Lipinski definition) is 4. The van der Waals surface area contributed by atoms with E-state index in [1.54, 1.807) is 0 Å². The van der Waals surface area contributed by atoms with Crippen molar-refractivity contribution in [2.75, 3.05) is 6.54 Å². The van der Waals surface area contributed by atoms with E-state index in [1.165, 1.54) is 0 Å². The lowest BCUT2D eigenvalue weighted by Crippen LogP contribution is -2.31. The second-order valence-electron chi connectivity index (χ2n) is 7.25. The summed E-state index contributed by atoms with van der Waals surface area (Å²) in [5.41, 5.74) is 2.83. The van der Waals surface area contributed by atoms with E-state index in [1.807, 2.05) is 35.2 Å². The maximum Gasteiger partial charge on any atom is 0.223 e. The number of fused-ring (bicyclic) bond motifs is 1. The fourth-order valence-corrected chi connectivity index (χ4v) is 3.60. The zero-order chi connectivity index (χ0) is 18.1. The summed E-state index contributed by atoms with van der Waals surface area (Å²) in [5.74, 6) is 2.19. The number of nitrogens with one attached hydrogen (secondary N) is 1. The monoisotopic (exact) mass is 352 g/mol. The first-order valence-electron chi connectivity index (χ1n) is 9.31. The zero-order valence-electron chi connectivity index (χ0n) is 15.2. The Hall–Kier alpha value is -2.63. The van der Waals surface area contributed by atoms with Crippen LogP contribution in [0.15, 0.2) is 34.9 Å². The zero-order valence-corrected chi connectivity index (χ0v) is 15.2. The number of likely N-dealkylation sites (tertiary alicyclic amines) is 1. The molecule has 0 unspecified atom stereocenters. The summed E-state index contributed by atoms with van der Waals surface area (Å²) < 4.78 is 5.43. The maximum absolute atomic E-state index is 12.8. The van der Waals surface area contributed by atoms with Gasteiger partial charge in [0.05, 0.1) is 17.1 Å². The molecule has 3 heterocycles. The molecule has 0 radical (unpaired) electrons. The molecule has 1 saturated heterocycles. The molecular formula is C20H24N4O2. The van der Waals surface area contributed by atoms with E-state index in [4.69, 9.17) is 4.52 Å². The van der Waals surface area contributed by atoms with Crippen molar-refractivity contribution in [1.82, 2.24) is 20.0 Å². The lowest BCUT2D eigenvalue weighted by atomic mass is 10.1. The average molecular weight is 352 g/mol. The van der Waals surface area contributed by atoms with Crippen LogP contribution < -0.4 is 0 Å². The number of rotatable bonds is 5. The van der Waals surface area contributed by atoms with Crippen molar-refractivity contribution in [3.63, 3.8) is 0 Å². The van der Waals surface area contributed by atoms with Gasteiger partial charge in [-0.1, -0.05) is 31.1 Å². The van der Waals surface area contributed by atoms with Crippen LogP contribution in [0, 0.1) is 0 Å². The molecule has 1 aromatic carbocycles. The minimum Gasteiger partial charge on any atom is -0.361 e. The van der Waals surface area contributed by atoms with Crippen molar-refractivity contribution in [2.24, 2.45) is 0 Å². The van der Waals surface area contributed by atoms with Gasteiger partial charge in [-0.3, -0.25) is 4.79 Å². The molecule has 4 rings (SSSR count). The molecule has 0 spiro atoms. The van der Waals surface area contributed by atoms with Crippen LogP contribution in [-0.4, -0.2) is 32.5 Å². The van der Waals surface area contributed by atoms with Gasteiger partial charge in [0.15, 0.2) is 0 Å². The Bertz CT molecular complexity index is 878. The minimum absolute atomic E-state index is 0.0365. The number of benzene rings is 1. The number of aryl methyl sites for hydroxylation is 1. The van der Waals surface area contributed by atoms with Gasteiger partial charge in [0.2, 0.25) is 5.91 Å². The number of carbonyl (C=O) groups excluding carboxylic acids is 1. The highest BCUT2D eigenvalue weighted by atomic mass is 16.5. The Kier molecular flexibility index (Phi) is 4.49. The van der Waals surface area contributed by atoms with Crippen LogP contribution in [0.1, 0.15) is 62.3 Å². The largest absolute Gasteiger partial charge is 0.361 e. The van der Waals surface area contributed by atoms with E-state index >= 15 is 0 Å². The van der Waals surface area contributed by atoms with Crippen molar-refractivity contribution >= 4 is 16.9 Å². The number of para-hydroxylation sites is 2. The Labute approximate surface area is 152 Å². The first kappa shape index (κ1) is 16.8. The summed E-state index contributed by atoms with van der Waals surface area (Å²) in [5, 5.41) is 4.21. The van der Waals surface area contributed by atoms with E-state index < -0.39 is 0 Å². The predicted octanol–water partition coefficient (Wildman–Crippen LogP) is 3.97. The molecule has 3 aromatic rings. The third-order valence-corrected chi connectivity index (χ3v) is 5.04. The lowest BCUT2D eigenvalue weighted by molar-refractivity contribution is -0.132. The minimum atomic E-state index is 0.0365. The van der Waals surface area contributed by atoms with Gasteiger partial charge in [0, 0.05) is 31.4 Å². The highest BCUT2D eigenvalue weighted by Gasteiger charge is 2.32. The van der Waals surface area contributed by atoms with Gasteiger partial charge in [0.1, 0.15) is 17.3 Å². The smallest absolute Gasteiger partial charge is 0.223 e. The van der Waals surface area contributed by atoms with Gasteiger partial charge in [-0.2, -0.15) is 0 Å². The summed E-state index contributed by atoms with van der Waals surface area (Å²) in [7, 11) is 0. The van der Waals surface area contributed by atoms with Crippen molar-refractivity contribution in [1.29, 1.82) is 0 Å². The molecule has 1 amide bonds. The van der Waals surface area contributed by atoms with E-state index in [9.17, 15) is 4.79 Å². The number of H-pyrrole nitrogens is 1. The van der Waals surface area contributed by atoms with Crippen molar-refractivity contribution in [3.8, 4) is 0 Å². The first-order chi connectivity index (χ1) is 12.6. The quantitative estimate of drug-likeness (QED) is 0.754. The summed E-state index contributed by atoms with van der Waals surface area (Å²) >= 11 is 0. The highest BCUT2D eigenvalue weighted by molar-refractivity contribution is 5.78. The molecule has 1 aliphatic rings. The van der Waals surface area contributed by atoms with Gasteiger partial charge in [-0.25, -0.2) is 4.98 Å². The maximum atomic E-state index is 12.8. The van der Waals surface area contributed by atoms with Gasteiger partial charge < -0.3 is 14.4 Å². The van der Waals surface area contributed by atoms with E-state index in [-0.39, 0.29) is 11.9 Å². The topological polar surface area (TPSA) is 75.0 Å². The number of amides is 1. The van der Waals surface area contributed by atoms with E-state index in [0.29, 0.717) is 18.8 Å². The third kappa shape index (κ3) is 3.23. The molecule has 26 heavy (non-hydrogen) atoms. The van der Waals surface area contributed by atoms with Gasteiger partial charge >= 0.3 is 0 Å². The van der Waals surface area contributed by atoms with Crippen LogP contribution in [0.5, 0.6) is 0 Å². The fraction of sp³-hybridized carbons (Fsp3) is 0.450. The molecule has 136 valence electrons. The van der Waals surface area contributed by atoms with Crippen LogP contribution in [0.2, 0.25) is 0 Å². The Morgan fingerprint density at radius 3 is 3.00 bits per heavy atom. The fourth-order valence-electron chi connectivity index (χ4n) is 3.60. The summed E-state index contributed by atoms with van der Waals surface area (Å²) in [4.78, 5) is 22.6. The van der Waals surface area contributed by atoms with E-state index in [2.05, 4.69) is 29.0 Å². The van der Waals surface area contributed by atoms with Crippen LogP contribution in [0.25, 0.3) is 11.0 Å². The second-order valence-corrected chi connectivity index (χ2v) is 7.25. The van der Waals surface area contributed by atoms with Gasteiger partial charge in [-0.05, 0) is 25.0 Å². The average Bonchev–Trinajstić information content (AvgIpc) is 3.37. The Morgan fingerprint density at radius 1 is 1.38 bits per heavy atom.